The van der Waals surface area contributed by atoms with Crippen molar-refractivity contribution in [3.63, 3.8) is 0 Å². The molecule has 1 fully saturated rings. The molecule has 4 rings (SSSR count). The molecule has 2 amide bonds. The van der Waals surface area contributed by atoms with Gasteiger partial charge in [0, 0.05) is 24.4 Å². The lowest BCUT2D eigenvalue weighted by molar-refractivity contribution is -0.175. The van der Waals surface area contributed by atoms with Crippen LogP contribution in [0.4, 0.5) is 17.6 Å². The highest BCUT2D eigenvalue weighted by Crippen LogP contribution is 2.40. The van der Waals surface area contributed by atoms with Crippen LogP contribution in [0.2, 0.25) is 0 Å². The summed E-state index contributed by atoms with van der Waals surface area (Å²) in [5.74, 6) is -2.16. The zero-order valence-corrected chi connectivity index (χ0v) is 17.9. The van der Waals surface area contributed by atoms with Gasteiger partial charge in [-0.05, 0) is 79.1 Å². The van der Waals surface area contributed by atoms with Gasteiger partial charge >= 0.3 is 6.18 Å². The highest BCUT2D eigenvalue weighted by Gasteiger charge is 2.39. The van der Waals surface area contributed by atoms with Crippen LogP contribution < -0.4 is 10.6 Å². The predicted octanol–water partition coefficient (Wildman–Crippen LogP) is 4.50. The first-order chi connectivity index (χ1) is 15.7. The van der Waals surface area contributed by atoms with Crippen molar-refractivity contribution in [2.75, 3.05) is 6.54 Å². The Morgan fingerprint density at radius 2 is 1.91 bits per heavy atom. The minimum atomic E-state index is -4.20. The third-order valence-electron chi connectivity index (χ3n) is 6.26. The van der Waals surface area contributed by atoms with Crippen LogP contribution in [0, 0.1) is 11.7 Å². The van der Waals surface area contributed by atoms with Gasteiger partial charge in [0.1, 0.15) is 11.9 Å². The molecule has 2 atom stereocenters. The fourth-order valence-electron chi connectivity index (χ4n) is 4.36. The molecular formula is C24H25F4N3O2. The Kier molecular flexibility index (Phi) is 6.58. The first kappa shape index (κ1) is 23.1. The van der Waals surface area contributed by atoms with E-state index in [9.17, 15) is 27.2 Å². The fourth-order valence-corrected chi connectivity index (χ4v) is 4.36. The number of rotatable bonds is 6. The largest absolute Gasteiger partial charge is 0.392 e. The quantitative estimate of drug-likeness (QED) is 0.552. The second-order valence-corrected chi connectivity index (χ2v) is 8.53. The highest BCUT2D eigenvalue weighted by atomic mass is 19.4. The number of aromatic nitrogens is 1. The molecule has 1 aromatic carbocycles. The number of nitrogens with one attached hydrogen (secondary N) is 3. The molecule has 0 spiro atoms. The molecular weight excluding hydrogens is 438 g/mol. The number of H-pyrrole nitrogens is 1. The molecule has 0 radical (unpaired) electrons. The molecule has 176 valence electrons. The number of amides is 2. The molecule has 1 saturated heterocycles. The van der Waals surface area contributed by atoms with Crippen molar-refractivity contribution in [3.05, 3.63) is 53.5 Å². The Labute approximate surface area is 188 Å². The van der Waals surface area contributed by atoms with Crippen LogP contribution in [0.3, 0.4) is 0 Å². The highest BCUT2D eigenvalue weighted by molar-refractivity contribution is 5.89. The van der Waals surface area contributed by atoms with Gasteiger partial charge in [-0.25, -0.2) is 4.39 Å². The van der Waals surface area contributed by atoms with Gasteiger partial charge in [0.2, 0.25) is 11.8 Å². The summed E-state index contributed by atoms with van der Waals surface area (Å²) in [5, 5.41) is 5.40. The van der Waals surface area contributed by atoms with Crippen molar-refractivity contribution >= 4 is 17.4 Å². The van der Waals surface area contributed by atoms with Crippen LogP contribution in [0.1, 0.15) is 43.4 Å². The van der Waals surface area contributed by atoms with Crippen LogP contribution in [-0.4, -0.2) is 35.6 Å². The molecule has 5 nitrogen and oxygen atoms in total. The van der Waals surface area contributed by atoms with Crippen LogP contribution in [0.15, 0.2) is 36.4 Å². The van der Waals surface area contributed by atoms with Crippen molar-refractivity contribution in [2.45, 2.75) is 50.7 Å². The summed E-state index contributed by atoms with van der Waals surface area (Å²) in [6.07, 6.45) is -1.27. The first-order valence-corrected chi connectivity index (χ1v) is 11.0. The maximum absolute atomic E-state index is 13.4. The molecule has 2 aliphatic rings. The van der Waals surface area contributed by atoms with Crippen molar-refractivity contribution in [3.8, 4) is 11.3 Å². The van der Waals surface area contributed by atoms with Crippen molar-refractivity contribution in [1.82, 2.24) is 15.6 Å². The first-order valence-electron chi connectivity index (χ1n) is 11.0. The van der Waals surface area contributed by atoms with Gasteiger partial charge in [-0.2, -0.15) is 13.2 Å². The van der Waals surface area contributed by atoms with E-state index < -0.39 is 18.1 Å². The molecule has 0 saturated carbocycles. The van der Waals surface area contributed by atoms with E-state index in [0.717, 1.165) is 16.7 Å². The summed E-state index contributed by atoms with van der Waals surface area (Å²) in [6, 6.07) is 7.23. The summed E-state index contributed by atoms with van der Waals surface area (Å²) in [7, 11) is 0. The Bertz CT molecular complexity index is 1060. The second-order valence-electron chi connectivity index (χ2n) is 8.53. The van der Waals surface area contributed by atoms with Gasteiger partial charge in [0.05, 0.1) is 5.92 Å². The molecule has 2 unspecified atom stereocenters. The van der Waals surface area contributed by atoms with E-state index in [2.05, 4.69) is 15.6 Å². The minimum Gasteiger partial charge on any atom is -0.355 e. The number of halogens is 4. The fraction of sp³-hybridized carbons (Fsp3) is 0.417. The van der Waals surface area contributed by atoms with Gasteiger partial charge in [0.25, 0.3) is 0 Å². The van der Waals surface area contributed by atoms with Crippen LogP contribution in [0.25, 0.3) is 16.8 Å². The third-order valence-corrected chi connectivity index (χ3v) is 6.26. The van der Waals surface area contributed by atoms with E-state index >= 15 is 0 Å². The topological polar surface area (TPSA) is 74.0 Å². The summed E-state index contributed by atoms with van der Waals surface area (Å²) in [5.41, 5.74) is 3.74. The predicted molar refractivity (Wildman–Crippen MR) is 115 cm³/mol. The molecule has 33 heavy (non-hydrogen) atoms. The average Bonchev–Trinajstić information content (AvgIpc) is 3.39. The van der Waals surface area contributed by atoms with E-state index in [1.165, 1.54) is 12.1 Å². The average molecular weight is 463 g/mol. The number of hydrogen-bond acceptors (Lipinski definition) is 2. The van der Waals surface area contributed by atoms with E-state index in [1.807, 2.05) is 6.07 Å². The smallest absolute Gasteiger partial charge is 0.355 e. The van der Waals surface area contributed by atoms with E-state index in [1.54, 1.807) is 18.2 Å². The van der Waals surface area contributed by atoms with Crippen LogP contribution in [0.5, 0.6) is 0 Å². The Morgan fingerprint density at radius 1 is 1.15 bits per heavy atom. The monoisotopic (exact) mass is 463 g/mol. The number of hydrogen-bond donors (Lipinski definition) is 3. The maximum atomic E-state index is 13.4. The third kappa shape index (κ3) is 5.46. The zero-order valence-electron chi connectivity index (χ0n) is 17.9. The number of aryl methyl sites for hydroxylation is 1. The molecule has 0 bridgehead atoms. The number of allylic oxidation sites excluding steroid dienone is 2. The second kappa shape index (κ2) is 9.41. The van der Waals surface area contributed by atoms with E-state index in [0.29, 0.717) is 37.2 Å². The number of aromatic amines is 1. The summed E-state index contributed by atoms with van der Waals surface area (Å²) in [6.45, 7) is 0.532. The number of benzene rings is 1. The molecule has 2 aromatic rings. The Hall–Kier alpha value is -3.10. The van der Waals surface area contributed by atoms with Gasteiger partial charge in [-0.1, -0.05) is 6.08 Å². The van der Waals surface area contributed by atoms with Crippen LogP contribution in [-0.2, 0) is 16.0 Å². The van der Waals surface area contributed by atoms with Crippen molar-refractivity contribution in [1.29, 1.82) is 0 Å². The SMILES string of the molecule is O=C(CCc1cc(C2=CCC(C(F)(F)F)CC2)[nH]c1-c1ccc(F)cc1)NC1CCNC1=O. The Morgan fingerprint density at radius 3 is 2.52 bits per heavy atom. The van der Waals surface area contributed by atoms with E-state index in [-0.39, 0.29) is 36.9 Å². The number of carbonyl (C=O) groups is 2. The molecule has 1 aliphatic heterocycles. The summed E-state index contributed by atoms with van der Waals surface area (Å²) in [4.78, 5) is 27.3. The number of carbonyl (C=O) groups excluding carboxylic acids is 2. The Balaban J connectivity index is 1.53. The lowest BCUT2D eigenvalue weighted by atomic mass is 9.88. The molecule has 1 aromatic heterocycles. The summed E-state index contributed by atoms with van der Waals surface area (Å²) < 4.78 is 52.4. The lowest BCUT2D eigenvalue weighted by Crippen LogP contribution is -2.40. The lowest BCUT2D eigenvalue weighted by Gasteiger charge is -2.23. The van der Waals surface area contributed by atoms with Gasteiger partial charge in [0.15, 0.2) is 0 Å². The van der Waals surface area contributed by atoms with Gasteiger partial charge < -0.3 is 15.6 Å². The summed E-state index contributed by atoms with van der Waals surface area (Å²) >= 11 is 0. The standard InChI is InChI=1S/C24H25F4N3O2/c25-18-8-3-15(4-9-18)22-16(5-10-21(32)30-19-11-12-29-23(19)33)13-20(31-22)14-1-6-17(7-2-14)24(26,27)28/h1,3-4,8-9,13,17,19,31H,2,5-7,10-12H2,(H,29,33)(H,30,32). The van der Waals surface area contributed by atoms with Gasteiger partial charge in [-0.3, -0.25) is 9.59 Å². The molecule has 1 aliphatic carbocycles. The zero-order chi connectivity index (χ0) is 23.6. The van der Waals surface area contributed by atoms with Crippen molar-refractivity contribution < 1.29 is 27.2 Å². The van der Waals surface area contributed by atoms with E-state index in [4.69, 9.17) is 0 Å². The van der Waals surface area contributed by atoms with Crippen LogP contribution >= 0.6 is 0 Å². The van der Waals surface area contributed by atoms with Gasteiger partial charge in [-0.15, -0.1) is 0 Å². The molecule has 9 heteroatoms. The molecule has 2 heterocycles. The minimum absolute atomic E-state index is 0.0292. The normalized spacial score (nSPS) is 21.0. The van der Waals surface area contributed by atoms with Crippen molar-refractivity contribution in [2.24, 2.45) is 5.92 Å². The maximum Gasteiger partial charge on any atom is 0.392 e. The number of alkyl halides is 3. The molecule has 3 N–H and O–H groups in total.